The Labute approximate surface area is 108 Å². The lowest BCUT2D eigenvalue weighted by Crippen LogP contribution is -2.13. The Balaban J connectivity index is 2.31. The first-order chi connectivity index (χ1) is 8.92. The van der Waals surface area contributed by atoms with Gasteiger partial charge in [0.2, 0.25) is 0 Å². The Morgan fingerprint density at radius 1 is 1.47 bits per heavy atom. The van der Waals surface area contributed by atoms with Crippen LogP contribution in [0.15, 0.2) is 12.7 Å². The Kier molecular flexibility index (Phi) is 3.81. The molecule has 1 atom stereocenters. The molecule has 104 valence electrons. The first-order valence-corrected chi connectivity index (χ1v) is 7.31. The summed E-state index contributed by atoms with van der Waals surface area (Å²) >= 11 is 0. The summed E-state index contributed by atoms with van der Waals surface area (Å²) in [5.41, 5.74) is 6.56. The van der Waals surface area contributed by atoms with Crippen LogP contribution in [0, 0.1) is 0 Å². The number of ether oxygens (including phenoxy) is 1. The average molecular weight is 287 g/mol. The number of imidazole rings is 1. The van der Waals surface area contributed by atoms with E-state index in [1.807, 2.05) is 6.92 Å². The van der Waals surface area contributed by atoms with E-state index in [1.54, 1.807) is 4.57 Å². The molecule has 0 radical (unpaired) electrons. The van der Waals surface area contributed by atoms with E-state index in [2.05, 4.69) is 15.0 Å². The third-order valence-corrected chi connectivity index (χ3v) is 2.97. The second kappa shape index (κ2) is 5.22. The van der Waals surface area contributed by atoms with E-state index >= 15 is 0 Å². The molecule has 0 saturated carbocycles. The molecule has 2 aromatic heterocycles. The molecule has 2 rings (SSSR count). The summed E-state index contributed by atoms with van der Waals surface area (Å²) in [6, 6.07) is 0. The van der Waals surface area contributed by atoms with Crippen molar-refractivity contribution in [2.45, 2.75) is 19.6 Å². The molecule has 0 amide bonds. The van der Waals surface area contributed by atoms with Crippen LogP contribution in [0.4, 0.5) is 5.82 Å². The van der Waals surface area contributed by atoms with Gasteiger partial charge in [-0.1, -0.05) is 6.92 Å². The molecule has 0 aromatic carbocycles. The Morgan fingerprint density at radius 2 is 2.21 bits per heavy atom. The van der Waals surface area contributed by atoms with Gasteiger partial charge >= 0.3 is 7.60 Å². The summed E-state index contributed by atoms with van der Waals surface area (Å²) in [4.78, 5) is 29.6. The molecule has 10 heteroatoms. The summed E-state index contributed by atoms with van der Waals surface area (Å²) in [5.74, 6) is 0.244. The zero-order chi connectivity index (χ0) is 14.0. The maximum Gasteiger partial charge on any atom is 0.351 e. The van der Waals surface area contributed by atoms with Gasteiger partial charge in [-0.2, -0.15) is 0 Å². The lowest BCUT2D eigenvalue weighted by molar-refractivity contribution is 0.0218. The minimum Gasteiger partial charge on any atom is -0.382 e. The Hall–Kier alpha value is -1.54. The van der Waals surface area contributed by atoms with Crippen LogP contribution in [0.1, 0.15) is 19.6 Å². The number of nitrogens with zero attached hydrogens (tertiary/aromatic N) is 4. The molecule has 0 spiro atoms. The van der Waals surface area contributed by atoms with Crippen molar-refractivity contribution in [2.75, 3.05) is 12.1 Å². The second-order valence-corrected chi connectivity index (χ2v) is 5.49. The van der Waals surface area contributed by atoms with Crippen molar-refractivity contribution < 1.29 is 19.1 Å². The molecule has 0 aliphatic heterocycles. The van der Waals surface area contributed by atoms with Gasteiger partial charge < -0.3 is 20.3 Å². The highest BCUT2D eigenvalue weighted by Crippen LogP contribution is 2.36. The predicted octanol–water partition coefficient (Wildman–Crippen LogP) is 0.469. The zero-order valence-corrected chi connectivity index (χ0v) is 11.1. The van der Waals surface area contributed by atoms with Crippen molar-refractivity contribution in [3.8, 4) is 0 Å². The quantitative estimate of drug-likeness (QED) is 0.675. The second-order valence-electron chi connectivity index (χ2n) is 3.91. The molecule has 19 heavy (non-hydrogen) atoms. The van der Waals surface area contributed by atoms with E-state index in [1.165, 1.54) is 12.7 Å². The fourth-order valence-corrected chi connectivity index (χ4v) is 2.03. The fraction of sp³-hybridized carbons (Fsp3) is 0.444. The van der Waals surface area contributed by atoms with Gasteiger partial charge in [-0.25, -0.2) is 15.0 Å². The molecule has 2 aromatic rings. The van der Waals surface area contributed by atoms with Crippen LogP contribution in [-0.2, 0) is 9.30 Å². The van der Waals surface area contributed by atoms with E-state index < -0.39 is 20.2 Å². The normalized spacial score (nSPS) is 13.8. The third kappa shape index (κ3) is 3.07. The number of nitrogens with two attached hydrogens (primary N) is 1. The maximum atomic E-state index is 10.8. The van der Waals surface area contributed by atoms with E-state index in [0.29, 0.717) is 17.6 Å². The van der Waals surface area contributed by atoms with Crippen molar-refractivity contribution in [1.29, 1.82) is 0 Å². The van der Waals surface area contributed by atoms with Crippen molar-refractivity contribution in [2.24, 2.45) is 0 Å². The monoisotopic (exact) mass is 287 g/mol. The maximum absolute atomic E-state index is 10.8. The molecule has 9 nitrogen and oxygen atoms in total. The third-order valence-electron chi connectivity index (χ3n) is 2.48. The van der Waals surface area contributed by atoms with E-state index in [-0.39, 0.29) is 5.82 Å². The van der Waals surface area contributed by atoms with E-state index in [0.717, 1.165) is 0 Å². The summed E-state index contributed by atoms with van der Waals surface area (Å²) in [7, 11) is -4.22. The van der Waals surface area contributed by atoms with Crippen LogP contribution in [-0.4, -0.2) is 35.7 Å². The highest BCUT2D eigenvalue weighted by atomic mass is 31.2. The van der Waals surface area contributed by atoms with E-state index in [9.17, 15) is 4.57 Å². The number of fused-ring (bicyclic) bond motifs is 1. The molecule has 4 N–H and O–H groups in total. The van der Waals surface area contributed by atoms with Gasteiger partial charge in [-0.05, 0) is 6.42 Å². The highest BCUT2D eigenvalue weighted by molar-refractivity contribution is 7.51. The minimum absolute atomic E-state index is 0.244. The van der Waals surface area contributed by atoms with Gasteiger partial charge in [0.25, 0.3) is 0 Å². The number of rotatable bonds is 5. The van der Waals surface area contributed by atoms with Crippen LogP contribution in [0.25, 0.3) is 11.2 Å². The van der Waals surface area contributed by atoms with Crippen LogP contribution >= 0.6 is 7.60 Å². The molecular weight excluding hydrogens is 273 g/mol. The average Bonchev–Trinajstić information content (AvgIpc) is 2.74. The number of hydrogen-bond donors (Lipinski definition) is 3. The smallest absolute Gasteiger partial charge is 0.351 e. The Bertz CT molecular complexity index is 624. The van der Waals surface area contributed by atoms with E-state index in [4.69, 9.17) is 20.3 Å². The van der Waals surface area contributed by atoms with Crippen LogP contribution in [0.2, 0.25) is 0 Å². The summed E-state index contributed by atoms with van der Waals surface area (Å²) in [6.45, 7) is 1.82. The van der Waals surface area contributed by atoms with Crippen LogP contribution in [0.5, 0.6) is 0 Å². The summed E-state index contributed by atoms with van der Waals surface area (Å²) < 4.78 is 17.6. The molecule has 0 bridgehead atoms. The van der Waals surface area contributed by atoms with Gasteiger partial charge in [0.05, 0.1) is 6.33 Å². The van der Waals surface area contributed by atoms with Crippen molar-refractivity contribution in [3.05, 3.63) is 12.7 Å². The molecular formula is C9H14N5O4P. The lowest BCUT2D eigenvalue weighted by atomic mass is 10.4. The van der Waals surface area contributed by atoms with Gasteiger partial charge in [0.15, 0.2) is 17.8 Å². The van der Waals surface area contributed by atoms with Gasteiger partial charge in [-0.15, -0.1) is 0 Å². The van der Waals surface area contributed by atoms with Gasteiger partial charge in [0, 0.05) is 0 Å². The molecule has 0 unspecified atom stereocenters. The zero-order valence-electron chi connectivity index (χ0n) is 10.2. The first kappa shape index (κ1) is 13.9. The summed E-state index contributed by atoms with van der Waals surface area (Å²) in [5, 5.41) is 0. The SMILES string of the molecule is CC[C@@H](OCP(=O)(O)O)n1cnc2c(N)ncnc21. The largest absolute Gasteiger partial charge is 0.382 e. The number of anilines is 1. The standard InChI is InChI=1S/C9H14N5O4P/c1-2-6(18-5-19(15,16)17)14-4-13-7-8(10)11-3-12-9(7)14/h3-4,6H,2,5H2,1H3,(H2,10,11,12)(H2,15,16,17)/t6-/m1/s1. The predicted molar refractivity (Wildman–Crippen MR) is 67.1 cm³/mol. The number of aromatic nitrogens is 4. The highest BCUT2D eigenvalue weighted by Gasteiger charge is 2.20. The van der Waals surface area contributed by atoms with Crippen LogP contribution in [0.3, 0.4) is 0 Å². The fourth-order valence-electron chi connectivity index (χ4n) is 1.66. The van der Waals surface area contributed by atoms with Gasteiger partial charge in [0.1, 0.15) is 18.1 Å². The molecule has 2 heterocycles. The summed E-state index contributed by atoms with van der Waals surface area (Å²) in [6.07, 6.45) is 2.02. The topological polar surface area (TPSA) is 136 Å². The van der Waals surface area contributed by atoms with Gasteiger partial charge in [-0.3, -0.25) is 9.13 Å². The minimum atomic E-state index is -4.22. The van der Waals surface area contributed by atoms with Crippen LogP contribution < -0.4 is 5.73 Å². The molecule has 0 aliphatic rings. The first-order valence-electron chi connectivity index (χ1n) is 5.51. The molecule has 0 fully saturated rings. The molecule has 0 aliphatic carbocycles. The number of nitrogen functional groups attached to an aromatic ring is 1. The van der Waals surface area contributed by atoms with Crippen molar-refractivity contribution >= 4 is 24.6 Å². The Morgan fingerprint density at radius 3 is 2.84 bits per heavy atom. The lowest BCUT2D eigenvalue weighted by Gasteiger charge is -2.18. The van der Waals surface area contributed by atoms with Crippen molar-refractivity contribution in [3.63, 3.8) is 0 Å². The number of hydrogen-bond acceptors (Lipinski definition) is 6. The van der Waals surface area contributed by atoms with Crippen molar-refractivity contribution in [1.82, 2.24) is 19.5 Å². The molecule has 0 saturated heterocycles.